The molecule has 22 heavy (non-hydrogen) atoms. The van der Waals surface area contributed by atoms with Crippen molar-refractivity contribution in [1.82, 2.24) is 15.2 Å². The maximum absolute atomic E-state index is 12.7. The second-order valence-electron chi connectivity index (χ2n) is 6.19. The summed E-state index contributed by atoms with van der Waals surface area (Å²) >= 11 is 0. The summed E-state index contributed by atoms with van der Waals surface area (Å²) in [6.07, 6.45) is -0.186. The van der Waals surface area contributed by atoms with Crippen LogP contribution in [0.1, 0.15) is 52.9 Å². The Labute approximate surface area is 131 Å². The number of amides is 1. The van der Waals surface area contributed by atoms with Crippen LogP contribution in [0, 0.1) is 13.8 Å². The second kappa shape index (κ2) is 6.52. The summed E-state index contributed by atoms with van der Waals surface area (Å²) in [7, 11) is 0. The molecule has 1 amide bonds. The molecule has 1 aromatic heterocycles. The maximum atomic E-state index is 12.7. The number of aromatic amines is 1. The number of hydrogen-bond donors (Lipinski definition) is 2. The van der Waals surface area contributed by atoms with Gasteiger partial charge in [-0.25, -0.2) is 4.79 Å². The molecule has 122 valence electrons. The minimum absolute atomic E-state index is 0.0578. The Morgan fingerprint density at radius 1 is 1.32 bits per heavy atom. The lowest BCUT2D eigenvalue weighted by Gasteiger charge is -2.31. The highest BCUT2D eigenvalue weighted by molar-refractivity contribution is 6.00. The molecule has 0 aromatic carbocycles. The van der Waals surface area contributed by atoms with Gasteiger partial charge in [-0.2, -0.15) is 0 Å². The quantitative estimate of drug-likeness (QED) is 0.832. The molecule has 1 aliphatic heterocycles. The van der Waals surface area contributed by atoms with Crippen molar-refractivity contribution < 1.29 is 14.3 Å². The number of rotatable bonds is 3. The number of esters is 1. The number of hydrogen-bond acceptors (Lipinski definition) is 4. The fourth-order valence-electron chi connectivity index (χ4n) is 2.82. The van der Waals surface area contributed by atoms with Crippen molar-refractivity contribution in [2.75, 3.05) is 19.6 Å². The minimum atomic E-state index is -0.381. The monoisotopic (exact) mass is 307 g/mol. The van der Waals surface area contributed by atoms with Crippen LogP contribution in [0.3, 0.4) is 0 Å². The van der Waals surface area contributed by atoms with Gasteiger partial charge in [0.25, 0.3) is 5.91 Å². The normalized spacial score (nSPS) is 18.6. The first-order chi connectivity index (χ1) is 10.3. The summed E-state index contributed by atoms with van der Waals surface area (Å²) in [4.78, 5) is 29.8. The van der Waals surface area contributed by atoms with Crippen LogP contribution in [0.5, 0.6) is 0 Å². The van der Waals surface area contributed by atoms with Crippen molar-refractivity contribution in [3.05, 3.63) is 22.5 Å². The van der Waals surface area contributed by atoms with Gasteiger partial charge in [0.1, 0.15) is 5.69 Å². The maximum Gasteiger partial charge on any atom is 0.340 e. The van der Waals surface area contributed by atoms with E-state index in [1.807, 2.05) is 18.7 Å². The summed E-state index contributed by atoms with van der Waals surface area (Å²) < 4.78 is 5.26. The van der Waals surface area contributed by atoms with E-state index in [1.54, 1.807) is 13.8 Å². The predicted octanol–water partition coefficient (Wildman–Crippen LogP) is 1.63. The number of nitrogens with one attached hydrogen (secondary N) is 2. The molecule has 0 unspecified atom stereocenters. The molecule has 1 aromatic rings. The van der Waals surface area contributed by atoms with E-state index in [-0.39, 0.29) is 24.0 Å². The molecule has 0 radical (unpaired) electrons. The van der Waals surface area contributed by atoms with Crippen molar-refractivity contribution in [3.63, 3.8) is 0 Å². The molecular weight excluding hydrogens is 282 g/mol. The molecule has 6 nitrogen and oxygen atoms in total. The lowest BCUT2D eigenvalue weighted by atomic mass is 10.1. The highest BCUT2D eigenvalue weighted by Gasteiger charge is 2.28. The first-order valence-electron chi connectivity index (χ1n) is 7.74. The smallest absolute Gasteiger partial charge is 0.340 e. The number of carbonyl (C=O) groups excluding carboxylic acids is 2. The zero-order chi connectivity index (χ0) is 16.4. The van der Waals surface area contributed by atoms with Crippen molar-refractivity contribution in [1.29, 1.82) is 0 Å². The number of piperazine rings is 1. The van der Waals surface area contributed by atoms with E-state index in [4.69, 9.17) is 4.74 Å². The largest absolute Gasteiger partial charge is 0.459 e. The molecule has 1 fully saturated rings. The fourth-order valence-corrected chi connectivity index (χ4v) is 2.82. The number of nitrogens with zero attached hydrogens (tertiary/aromatic N) is 1. The Hall–Kier alpha value is -1.82. The Kier molecular flexibility index (Phi) is 4.90. The Morgan fingerprint density at radius 2 is 2.00 bits per heavy atom. The van der Waals surface area contributed by atoms with Crippen LogP contribution in [-0.4, -0.2) is 53.5 Å². The highest BCUT2D eigenvalue weighted by Crippen LogP contribution is 2.21. The molecule has 2 rings (SSSR count). The van der Waals surface area contributed by atoms with Gasteiger partial charge in [-0.3, -0.25) is 4.79 Å². The topological polar surface area (TPSA) is 74.4 Å². The minimum Gasteiger partial charge on any atom is -0.459 e. The third kappa shape index (κ3) is 3.32. The summed E-state index contributed by atoms with van der Waals surface area (Å²) in [5.41, 5.74) is 2.30. The Bertz CT molecular complexity index is 577. The molecule has 2 heterocycles. The summed E-state index contributed by atoms with van der Waals surface area (Å²) in [5.74, 6) is -0.438. The van der Waals surface area contributed by atoms with Crippen LogP contribution in [0.4, 0.5) is 0 Å². The summed E-state index contributed by atoms with van der Waals surface area (Å²) in [5, 5.41) is 3.31. The summed E-state index contributed by atoms with van der Waals surface area (Å²) in [6, 6.07) is 0.277. The number of ether oxygens (including phenoxy) is 1. The van der Waals surface area contributed by atoms with Crippen LogP contribution in [0.25, 0.3) is 0 Å². The second-order valence-corrected chi connectivity index (χ2v) is 6.19. The average Bonchev–Trinajstić information content (AvgIpc) is 2.72. The molecule has 1 atom stereocenters. The lowest BCUT2D eigenvalue weighted by Crippen LogP contribution is -2.51. The lowest BCUT2D eigenvalue weighted by molar-refractivity contribution is 0.0376. The Morgan fingerprint density at radius 3 is 2.59 bits per heavy atom. The van der Waals surface area contributed by atoms with E-state index in [2.05, 4.69) is 17.2 Å². The molecule has 2 N–H and O–H groups in total. The van der Waals surface area contributed by atoms with E-state index >= 15 is 0 Å². The first-order valence-corrected chi connectivity index (χ1v) is 7.74. The molecular formula is C16H25N3O3. The molecule has 6 heteroatoms. The van der Waals surface area contributed by atoms with Crippen LogP contribution >= 0.6 is 0 Å². The molecule has 0 aliphatic carbocycles. The molecule has 0 spiro atoms. The van der Waals surface area contributed by atoms with Crippen molar-refractivity contribution in [2.45, 2.75) is 46.8 Å². The van der Waals surface area contributed by atoms with Crippen molar-refractivity contribution in [3.8, 4) is 0 Å². The standard InChI is InChI=1S/C16H25N3O3/c1-9(2)22-16(21)13-11(4)14(18-12(13)5)15(20)19-7-6-17-10(3)8-19/h9-10,17-18H,6-8H2,1-5H3/t10-/m1/s1. The van der Waals surface area contributed by atoms with Crippen molar-refractivity contribution >= 4 is 11.9 Å². The molecule has 1 aliphatic rings. The van der Waals surface area contributed by atoms with Crippen LogP contribution < -0.4 is 5.32 Å². The molecule has 0 bridgehead atoms. The van der Waals surface area contributed by atoms with E-state index in [9.17, 15) is 9.59 Å². The van der Waals surface area contributed by atoms with E-state index < -0.39 is 0 Å². The zero-order valence-corrected chi connectivity index (χ0v) is 13.9. The molecule has 1 saturated heterocycles. The predicted molar refractivity (Wildman–Crippen MR) is 84.2 cm³/mol. The number of carbonyl (C=O) groups is 2. The van der Waals surface area contributed by atoms with Gasteiger partial charge in [0, 0.05) is 31.4 Å². The van der Waals surface area contributed by atoms with Gasteiger partial charge >= 0.3 is 5.97 Å². The third-order valence-electron chi connectivity index (χ3n) is 3.85. The Balaban J connectivity index is 2.25. The first kappa shape index (κ1) is 16.5. The van der Waals surface area contributed by atoms with Gasteiger partial charge < -0.3 is 19.9 Å². The van der Waals surface area contributed by atoms with E-state index in [0.29, 0.717) is 35.6 Å². The van der Waals surface area contributed by atoms with Crippen molar-refractivity contribution in [2.24, 2.45) is 0 Å². The van der Waals surface area contributed by atoms with Gasteiger partial charge in [-0.05, 0) is 40.2 Å². The number of aromatic nitrogens is 1. The van der Waals surface area contributed by atoms with Crippen LogP contribution in [0.2, 0.25) is 0 Å². The van der Waals surface area contributed by atoms with Gasteiger partial charge in [-0.1, -0.05) is 0 Å². The van der Waals surface area contributed by atoms with Gasteiger partial charge in [-0.15, -0.1) is 0 Å². The number of H-pyrrole nitrogens is 1. The van der Waals surface area contributed by atoms with Gasteiger partial charge in [0.2, 0.25) is 0 Å². The van der Waals surface area contributed by atoms with Crippen LogP contribution in [-0.2, 0) is 4.74 Å². The average molecular weight is 307 g/mol. The molecule has 0 saturated carbocycles. The third-order valence-corrected chi connectivity index (χ3v) is 3.85. The van der Waals surface area contributed by atoms with E-state index in [0.717, 1.165) is 6.54 Å². The van der Waals surface area contributed by atoms with Crippen LogP contribution in [0.15, 0.2) is 0 Å². The van der Waals surface area contributed by atoms with Gasteiger partial charge in [0.05, 0.1) is 11.7 Å². The SMILES string of the molecule is Cc1[nH]c(C(=O)N2CCN[C@H](C)C2)c(C)c1C(=O)OC(C)C. The van der Waals surface area contributed by atoms with E-state index in [1.165, 1.54) is 0 Å². The zero-order valence-electron chi connectivity index (χ0n) is 13.9. The highest BCUT2D eigenvalue weighted by atomic mass is 16.5. The van der Waals surface area contributed by atoms with Gasteiger partial charge in [0.15, 0.2) is 0 Å². The fraction of sp³-hybridized carbons (Fsp3) is 0.625. The summed E-state index contributed by atoms with van der Waals surface area (Å²) in [6.45, 7) is 11.4. The number of aryl methyl sites for hydroxylation is 1.